The normalized spacial score (nSPS) is 12.3. The van der Waals surface area contributed by atoms with Crippen LogP contribution in [-0.2, 0) is 25.8 Å². The monoisotopic (exact) mass is 389 g/mol. The molecule has 27 heavy (non-hydrogen) atoms. The zero-order chi connectivity index (χ0) is 19.9. The van der Waals surface area contributed by atoms with Crippen molar-refractivity contribution in [3.63, 3.8) is 0 Å². The molecule has 0 heterocycles. The molecule has 7 heteroatoms. The topological polar surface area (TPSA) is 101 Å². The van der Waals surface area contributed by atoms with Crippen LogP contribution in [0.5, 0.6) is 0 Å². The van der Waals surface area contributed by atoms with Crippen molar-refractivity contribution >= 4 is 21.7 Å². The minimum Gasteiger partial charge on any atom is -0.481 e. The second-order valence-electron chi connectivity index (χ2n) is 6.19. The molecule has 0 aromatic heterocycles. The molecule has 6 nitrogen and oxygen atoms in total. The van der Waals surface area contributed by atoms with Gasteiger partial charge >= 0.3 is 5.97 Å². The number of hydrogen-bond acceptors (Lipinski definition) is 4. The van der Waals surface area contributed by atoms with Gasteiger partial charge in [0.05, 0.1) is 23.1 Å². The standard InChI is InChI=1S/C20H23NO5S/c1-2-27(25,26)17-10-6-7-15(13-17)14-19(22)21-18(11-12-20(23)24)16-8-4-3-5-9-16/h3-10,13,18H,2,11-12,14H2,1H3,(H,21,22)(H,23,24). The first kappa shape index (κ1) is 20.6. The van der Waals surface area contributed by atoms with Crippen molar-refractivity contribution in [2.24, 2.45) is 0 Å². The number of hydrogen-bond donors (Lipinski definition) is 2. The van der Waals surface area contributed by atoms with Crippen molar-refractivity contribution in [2.45, 2.75) is 37.1 Å². The average molecular weight is 389 g/mol. The van der Waals surface area contributed by atoms with E-state index in [1.807, 2.05) is 30.3 Å². The fourth-order valence-corrected chi connectivity index (χ4v) is 3.67. The van der Waals surface area contributed by atoms with E-state index in [1.165, 1.54) is 12.1 Å². The Labute approximate surface area is 159 Å². The van der Waals surface area contributed by atoms with Gasteiger partial charge in [0, 0.05) is 6.42 Å². The summed E-state index contributed by atoms with van der Waals surface area (Å²) in [5, 5.41) is 11.8. The van der Waals surface area contributed by atoms with Gasteiger partial charge in [-0.3, -0.25) is 9.59 Å². The maximum atomic E-state index is 12.5. The molecule has 0 aliphatic carbocycles. The molecule has 1 amide bonds. The number of nitrogens with one attached hydrogen (secondary N) is 1. The van der Waals surface area contributed by atoms with Crippen molar-refractivity contribution in [1.82, 2.24) is 5.32 Å². The maximum Gasteiger partial charge on any atom is 0.303 e. The lowest BCUT2D eigenvalue weighted by Crippen LogP contribution is -2.30. The number of rotatable bonds is 9. The zero-order valence-corrected chi connectivity index (χ0v) is 15.9. The van der Waals surface area contributed by atoms with Gasteiger partial charge in [-0.2, -0.15) is 0 Å². The Balaban J connectivity index is 2.11. The van der Waals surface area contributed by atoms with Gasteiger partial charge in [0.25, 0.3) is 0 Å². The van der Waals surface area contributed by atoms with Crippen LogP contribution in [0.25, 0.3) is 0 Å². The van der Waals surface area contributed by atoms with Gasteiger partial charge in [-0.05, 0) is 29.7 Å². The number of carbonyl (C=O) groups excluding carboxylic acids is 1. The molecule has 0 radical (unpaired) electrons. The van der Waals surface area contributed by atoms with Crippen molar-refractivity contribution in [3.05, 3.63) is 65.7 Å². The van der Waals surface area contributed by atoms with Gasteiger partial charge in [0.2, 0.25) is 5.91 Å². The minimum atomic E-state index is -3.34. The minimum absolute atomic E-state index is 0.00603. The van der Waals surface area contributed by atoms with Crippen LogP contribution >= 0.6 is 0 Å². The maximum absolute atomic E-state index is 12.5. The molecule has 0 fully saturated rings. The Hall–Kier alpha value is -2.67. The first-order valence-corrected chi connectivity index (χ1v) is 10.3. The highest BCUT2D eigenvalue weighted by atomic mass is 32.2. The fourth-order valence-electron chi connectivity index (χ4n) is 2.72. The lowest BCUT2D eigenvalue weighted by atomic mass is 10.0. The van der Waals surface area contributed by atoms with Crippen molar-refractivity contribution in [3.8, 4) is 0 Å². The Morgan fingerprint density at radius 2 is 1.78 bits per heavy atom. The summed E-state index contributed by atoms with van der Waals surface area (Å²) in [6, 6.07) is 15.1. The summed E-state index contributed by atoms with van der Waals surface area (Å²) in [6.07, 6.45) is 0.225. The lowest BCUT2D eigenvalue weighted by molar-refractivity contribution is -0.137. The molecule has 144 valence electrons. The van der Waals surface area contributed by atoms with E-state index >= 15 is 0 Å². The van der Waals surface area contributed by atoms with Gasteiger partial charge in [0.1, 0.15) is 0 Å². The Bertz CT molecular complexity index is 894. The summed E-state index contributed by atoms with van der Waals surface area (Å²) >= 11 is 0. The predicted octanol–water partition coefficient (Wildman–Crippen LogP) is 2.75. The first-order chi connectivity index (χ1) is 12.8. The summed E-state index contributed by atoms with van der Waals surface area (Å²) in [5.41, 5.74) is 1.42. The Morgan fingerprint density at radius 1 is 1.07 bits per heavy atom. The molecule has 1 unspecified atom stereocenters. The van der Waals surface area contributed by atoms with E-state index in [1.54, 1.807) is 19.1 Å². The largest absolute Gasteiger partial charge is 0.481 e. The molecule has 2 N–H and O–H groups in total. The summed E-state index contributed by atoms with van der Waals surface area (Å²) in [7, 11) is -3.34. The summed E-state index contributed by atoms with van der Waals surface area (Å²) in [6.45, 7) is 1.57. The molecule has 0 aliphatic rings. The van der Waals surface area contributed by atoms with Gasteiger partial charge in [0.15, 0.2) is 9.84 Å². The van der Waals surface area contributed by atoms with Crippen molar-refractivity contribution in [2.75, 3.05) is 5.75 Å². The van der Waals surface area contributed by atoms with Gasteiger partial charge < -0.3 is 10.4 Å². The van der Waals surface area contributed by atoms with Crippen LogP contribution in [0, 0.1) is 0 Å². The molecule has 1 atom stereocenters. The number of carboxylic acids is 1. The van der Waals surface area contributed by atoms with E-state index < -0.39 is 21.8 Å². The quantitative estimate of drug-likeness (QED) is 0.687. The summed E-state index contributed by atoms with van der Waals surface area (Å²) in [5.74, 6) is -1.23. The number of carbonyl (C=O) groups is 2. The molecule has 2 rings (SSSR count). The third-order valence-electron chi connectivity index (χ3n) is 4.19. The molecule has 0 aliphatic heterocycles. The highest BCUT2D eigenvalue weighted by Crippen LogP contribution is 2.19. The van der Waals surface area contributed by atoms with Gasteiger partial charge in [-0.25, -0.2) is 8.42 Å². The number of sulfone groups is 1. The van der Waals surface area contributed by atoms with E-state index in [0.717, 1.165) is 5.56 Å². The SMILES string of the molecule is CCS(=O)(=O)c1cccc(CC(=O)NC(CCC(=O)O)c2ccccc2)c1. The van der Waals surface area contributed by atoms with Crippen LogP contribution in [0.2, 0.25) is 0 Å². The molecule has 0 saturated carbocycles. The van der Waals surface area contributed by atoms with E-state index in [2.05, 4.69) is 5.32 Å². The lowest BCUT2D eigenvalue weighted by Gasteiger charge is -2.19. The van der Waals surface area contributed by atoms with Crippen LogP contribution < -0.4 is 5.32 Å². The number of benzene rings is 2. The number of carboxylic acid groups (broad SMARTS) is 1. The second kappa shape index (κ2) is 9.32. The summed E-state index contributed by atoms with van der Waals surface area (Å²) < 4.78 is 24.0. The molecule has 2 aromatic carbocycles. The fraction of sp³-hybridized carbons (Fsp3) is 0.300. The van der Waals surface area contributed by atoms with E-state index in [4.69, 9.17) is 5.11 Å². The number of amides is 1. The first-order valence-electron chi connectivity index (χ1n) is 8.69. The molecule has 0 bridgehead atoms. The summed E-state index contributed by atoms with van der Waals surface area (Å²) in [4.78, 5) is 23.6. The van der Waals surface area contributed by atoms with Crippen LogP contribution in [0.3, 0.4) is 0 Å². The van der Waals surface area contributed by atoms with Gasteiger partial charge in [-0.15, -0.1) is 0 Å². The smallest absolute Gasteiger partial charge is 0.303 e. The molecule has 0 spiro atoms. The zero-order valence-electron chi connectivity index (χ0n) is 15.1. The van der Waals surface area contributed by atoms with E-state index in [9.17, 15) is 18.0 Å². The van der Waals surface area contributed by atoms with Gasteiger partial charge in [-0.1, -0.05) is 49.4 Å². The van der Waals surface area contributed by atoms with E-state index in [0.29, 0.717) is 5.56 Å². The van der Waals surface area contributed by atoms with Crippen molar-refractivity contribution < 1.29 is 23.1 Å². The third-order valence-corrected chi connectivity index (χ3v) is 5.92. The van der Waals surface area contributed by atoms with Crippen LogP contribution in [0.15, 0.2) is 59.5 Å². The second-order valence-corrected chi connectivity index (χ2v) is 8.47. The highest BCUT2D eigenvalue weighted by molar-refractivity contribution is 7.91. The van der Waals surface area contributed by atoms with Crippen molar-refractivity contribution in [1.29, 1.82) is 0 Å². The Morgan fingerprint density at radius 3 is 2.41 bits per heavy atom. The predicted molar refractivity (Wildman–Crippen MR) is 102 cm³/mol. The Kier molecular flexibility index (Phi) is 7.12. The molecular weight excluding hydrogens is 366 g/mol. The molecular formula is C20H23NO5S. The van der Waals surface area contributed by atoms with E-state index in [-0.39, 0.29) is 35.8 Å². The van der Waals surface area contributed by atoms with Crippen LogP contribution in [0.1, 0.15) is 36.9 Å². The van der Waals surface area contributed by atoms with Crippen LogP contribution in [-0.4, -0.2) is 31.2 Å². The highest BCUT2D eigenvalue weighted by Gasteiger charge is 2.17. The van der Waals surface area contributed by atoms with Crippen LogP contribution in [0.4, 0.5) is 0 Å². The molecule has 0 saturated heterocycles. The number of aliphatic carboxylic acids is 1. The third kappa shape index (κ3) is 6.21. The molecule has 2 aromatic rings. The average Bonchev–Trinajstić information content (AvgIpc) is 2.66.